The number of anilines is 1. The van der Waals surface area contributed by atoms with Crippen LogP contribution in [0, 0.1) is 0 Å². The van der Waals surface area contributed by atoms with E-state index in [1.165, 1.54) is 0 Å². The fraction of sp³-hybridized carbons (Fsp3) is 0.222. The number of thioether (sulfide) groups is 1. The third kappa shape index (κ3) is 4.76. The van der Waals surface area contributed by atoms with Crippen LogP contribution >= 0.6 is 11.8 Å². The first-order valence-corrected chi connectivity index (χ1v) is 8.66. The average Bonchev–Trinajstić information content (AvgIpc) is 2.61. The zero-order valence-corrected chi connectivity index (χ0v) is 14.6. The lowest BCUT2D eigenvalue weighted by molar-refractivity contribution is -0.136. The molecule has 0 fully saturated rings. The second-order valence-corrected chi connectivity index (χ2v) is 6.03. The van der Waals surface area contributed by atoms with Crippen LogP contribution in [0.3, 0.4) is 0 Å². The molecule has 2 N–H and O–H groups in total. The first kappa shape index (κ1) is 17.9. The van der Waals surface area contributed by atoms with E-state index >= 15 is 0 Å². The predicted molar refractivity (Wildman–Crippen MR) is 96.4 cm³/mol. The second kappa shape index (κ2) is 8.40. The quantitative estimate of drug-likeness (QED) is 0.645. The van der Waals surface area contributed by atoms with Gasteiger partial charge in [0.15, 0.2) is 0 Å². The van der Waals surface area contributed by atoms with Gasteiger partial charge in [-0.1, -0.05) is 18.2 Å². The van der Waals surface area contributed by atoms with Crippen molar-refractivity contribution in [2.24, 2.45) is 0 Å². The largest absolute Gasteiger partial charge is 0.497 e. The molecule has 2 rings (SSSR count). The summed E-state index contributed by atoms with van der Waals surface area (Å²) in [6.45, 7) is 1.82. The van der Waals surface area contributed by atoms with Gasteiger partial charge in [-0.2, -0.15) is 0 Å². The Labute approximate surface area is 145 Å². The maximum atomic E-state index is 12.1. The van der Waals surface area contributed by atoms with Gasteiger partial charge in [0, 0.05) is 10.6 Å². The van der Waals surface area contributed by atoms with Gasteiger partial charge in [-0.25, -0.2) is 0 Å². The van der Waals surface area contributed by atoms with Crippen molar-refractivity contribution in [1.29, 1.82) is 0 Å². The number of hydrogen-bond acceptors (Lipinski definition) is 4. The van der Waals surface area contributed by atoms with Crippen LogP contribution in [0.1, 0.15) is 18.5 Å². The number of ether oxygens (including phenoxy) is 1. The molecular formula is C18H20N2O3S. The highest BCUT2D eigenvalue weighted by Crippen LogP contribution is 2.19. The zero-order chi connectivity index (χ0) is 17.5. The van der Waals surface area contributed by atoms with Gasteiger partial charge in [0.25, 0.3) is 0 Å². The molecule has 1 unspecified atom stereocenters. The topological polar surface area (TPSA) is 67.4 Å². The van der Waals surface area contributed by atoms with Crippen LogP contribution in [0.2, 0.25) is 0 Å². The molecule has 0 aliphatic rings. The minimum Gasteiger partial charge on any atom is -0.497 e. The van der Waals surface area contributed by atoms with E-state index < -0.39 is 11.8 Å². The molecule has 0 heterocycles. The fourth-order valence-corrected chi connectivity index (χ4v) is 2.59. The molecule has 0 aliphatic carbocycles. The van der Waals surface area contributed by atoms with E-state index in [0.29, 0.717) is 5.69 Å². The second-order valence-electron chi connectivity index (χ2n) is 5.15. The van der Waals surface area contributed by atoms with E-state index in [1.54, 1.807) is 24.9 Å². The highest BCUT2D eigenvalue weighted by molar-refractivity contribution is 7.98. The van der Waals surface area contributed by atoms with E-state index in [1.807, 2.05) is 55.6 Å². The molecule has 126 valence electrons. The average molecular weight is 344 g/mol. The Morgan fingerprint density at radius 3 is 2.42 bits per heavy atom. The smallest absolute Gasteiger partial charge is 0.313 e. The molecule has 0 aromatic heterocycles. The molecule has 0 saturated heterocycles. The van der Waals surface area contributed by atoms with Crippen LogP contribution in [-0.4, -0.2) is 25.2 Å². The highest BCUT2D eigenvalue weighted by Gasteiger charge is 2.17. The SMILES string of the molecule is COc1ccc(C(C)NC(=O)C(=O)Nc2cccc(SC)c2)cc1. The lowest BCUT2D eigenvalue weighted by Crippen LogP contribution is -2.36. The minimum atomic E-state index is -0.686. The highest BCUT2D eigenvalue weighted by atomic mass is 32.2. The van der Waals surface area contributed by atoms with Gasteiger partial charge in [0.2, 0.25) is 0 Å². The molecule has 0 bridgehead atoms. The van der Waals surface area contributed by atoms with Crippen LogP contribution in [-0.2, 0) is 9.59 Å². The number of carbonyl (C=O) groups excluding carboxylic acids is 2. The summed E-state index contributed by atoms with van der Waals surface area (Å²) in [6, 6.07) is 14.4. The van der Waals surface area contributed by atoms with E-state index in [2.05, 4.69) is 10.6 Å². The summed E-state index contributed by atoms with van der Waals surface area (Å²) in [5, 5.41) is 5.29. The van der Waals surface area contributed by atoms with E-state index in [0.717, 1.165) is 16.2 Å². The molecule has 2 aromatic carbocycles. The molecular weight excluding hydrogens is 324 g/mol. The minimum absolute atomic E-state index is 0.285. The summed E-state index contributed by atoms with van der Waals surface area (Å²) >= 11 is 1.57. The maximum Gasteiger partial charge on any atom is 0.313 e. The molecule has 0 aliphatic heterocycles. The van der Waals surface area contributed by atoms with Gasteiger partial charge in [0.1, 0.15) is 5.75 Å². The third-order valence-corrected chi connectivity index (χ3v) is 4.22. The van der Waals surface area contributed by atoms with E-state index in [-0.39, 0.29) is 6.04 Å². The Morgan fingerprint density at radius 1 is 1.08 bits per heavy atom. The fourth-order valence-electron chi connectivity index (χ4n) is 2.13. The lowest BCUT2D eigenvalue weighted by Gasteiger charge is -2.14. The van der Waals surface area contributed by atoms with Crippen molar-refractivity contribution in [3.63, 3.8) is 0 Å². The van der Waals surface area contributed by atoms with Crippen molar-refractivity contribution in [2.75, 3.05) is 18.7 Å². The molecule has 2 amide bonds. The van der Waals surface area contributed by atoms with Crippen molar-refractivity contribution in [3.05, 3.63) is 54.1 Å². The maximum absolute atomic E-state index is 12.1. The Balaban J connectivity index is 1.95. The molecule has 0 saturated carbocycles. The van der Waals surface area contributed by atoms with Gasteiger partial charge < -0.3 is 15.4 Å². The Morgan fingerprint density at radius 2 is 1.79 bits per heavy atom. The van der Waals surface area contributed by atoms with Gasteiger partial charge in [-0.15, -0.1) is 11.8 Å². The summed E-state index contributed by atoms with van der Waals surface area (Å²) < 4.78 is 5.10. The molecule has 0 spiro atoms. The Bertz CT molecular complexity index is 716. The zero-order valence-electron chi connectivity index (χ0n) is 13.8. The summed E-state index contributed by atoms with van der Waals surface area (Å²) in [7, 11) is 1.59. The van der Waals surface area contributed by atoms with Crippen LogP contribution in [0.5, 0.6) is 5.75 Å². The Kier molecular flexibility index (Phi) is 6.26. The summed E-state index contributed by atoms with van der Waals surface area (Å²) in [6.07, 6.45) is 1.95. The number of benzene rings is 2. The monoisotopic (exact) mass is 344 g/mol. The number of methoxy groups -OCH3 is 1. The predicted octanol–water partition coefficient (Wildman–Crippen LogP) is 3.23. The first-order chi connectivity index (χ1) is 11.5. The summed E-state index contributed by atoms with van der Waals surface area (Å²) in [5.74, 6) is -0.620. The van der Waals surface area contributed by atoms with E-state index in [4.69, 9.17) is 4.74 Å². The van der Waals surface area contributed by atoms with Crippen molar-refractivity contribution < 1.29 is 14.3 Å². The third-order valence-electron chi connectivity index (χ3n) is 3.50. The van der Waals surface area contributed by atoms with Crippen LogP contribution < -0.4 is 15.4 Å². The number of amides is 2. The normalized spacial score (nSPS) is 11.5. The van der Waals surface area contributed by atoms with E-state index in [9.17, 15) is 9.59 Å². The number of hydrogen-bond donors (Lipinski definition) is 2. The summed E-state index contributed by atoms with van der Waals surface area (Å²) in [4.78, 5) is 25.1. The standard InChI is InChI=1S/C18H20N2O3S/c1-12(13-7-9-15(23-2)10-8-13)19-17(21)18(22)20-14-5-4-6-16(11-14)24-3/h4-12H,1-3H3,(H,19,21)(H,20,22). The molecule has 5 nitrogen and oxygen atoms in total. The van der Waals surface area contributed by atoms with Crippen molar-refractivity contribution >= 4 is 29.3 Å². The Hall–Kier alpha value is -2.47. The summed E-state index contributed by atoms with van der Waals surface area (Å²) in [5.41, 5.74) is 1.49. The molecule has 6 heteroatoms. The number of nitrogens with one attached hydrogen (secondary N) is 2. The van der Waals surface area contributed by atoms with Gasteiger partial charge in [-0.3, -0.25) is 9.59 Å². The van der Waals surface area contributed by atoms with Crippen LogP contribution in [0.4, 0.5) is 5.69 Å². The van der Waals surface area contributed by atoms with Crippen LogP contribution in [0.15, 0.2) is 53.4 Å². The van der Waals surface area contributed by atoms with Crippen LogP contribution in [0.25, 0.3) is 0 Å². The first-order valence-electron chi connectivity index (χ1n) is 7.43. The van der Waals surface area contributed by atoms with Crippen molar-refractivity contribution in [2.45, 2.75) is 17.9 Å². The number of rotatable bonds is 5. The van der Waals surface area contributed by atoms with Crippen molar-refractivity contribution in [1.82, 2.24) is 5.32 Å². The van der Waals surface area contributed by atoms with Gasteiger partial charge in [0.05, 0.1) is 13.2 Å². The number of carbonyl (C=O) groups is 2. The molecule has 1 atom stereocenters. The van der Waals surface area contributed by atoms with Crippen molar-refractivity contribution in [3.8, 4) is 5.75 Å². The molecule has 0 radical (unpaired) electrons. The van der Waals surface area contributed by atoms with Gasteiger partial charge in [-0.05, 0) is 49.1 Å². The van der Waals surface area contributed by atoms with Gasteiger partial charge >= 0.3 is 11.8 Å². The molecule has 24 heavy (non-hydrogen) atoms. The molecule has 2 aromatic rings. The lowest BCUT2D eigenvalue weighted by atomic mass is 10.1.